The molecule has 0 aromatic carbocycles. The maximum absolute atomic E-state index is 9.02. The standard InChI is InChI=1S/C12H19N3O/c1-2-10-3-5-15(6-4-10)12-8-13-7-11(9-16)14-12/h7-8,10,16H,2-6,9H2,1H3. The van der Waals surface area contributed by atoms with Crippen molar-refractivity contribution in [3.8, 4) is 0 Å². The van der Waals surface area contributed by atoms with Crippen molar-refractivity contribution in [3.05, 3.63) is 18.1 Å². The van der Waals surface area contributed by atoms with Gasteiger partial charge < -0.3 is 10.0 Å². The summed E-state index contributed by atoms with van der Waals surface area (Å²) in [4.78, 5) is 10.7. The second-order valence-electron chi connectivity index (χ2n) is 4.37. The Morgan fingerprint density at radius 2 is 2.12 bits per heavy atom. The van der Waals surface area contributed by atoms with E-state index in [1.807, 2.05) is 0 Å². The second kappa shape index (κ2) is 5.25. The van der Waals surface area contributed by atoms with E-state index >= 15 is 0 Å². The summed E-state index contributed by atoms with van der Waals surface area (Å²) < 4.78 is 0. The molecule has 0 spiro atoms. The molecule has 4 nitrogen and oxygen atoms in total. The van der Waals surface area contributed by atoms with E-state index in [2.05, 4.69) is 21.8 Å². The lowest BCUT2D eigenvalue weighted by molar-refractivity contribution is 0.276. The number of hydrogen-bond donors (Lipinski definition) is 1. The van der Waals surface area contributed by atoms with Gasteiger partial charge in [0.05, 0.1) is 24.7 Å². The van der Waals surface area contributed by atoms with Gasteiger partial charge in [0.2, 0.25) is 0 Å². The van der Waals surface area contributed by atoms with Gasteiger partial charge in [-0.1, -0.05) is 13.3 Å². The van der Waals surface area contributed by atoms with Crippen molar-refractivity contribution in [3.63, 3.8) is 0 Å². The summed E-state index contributed by atoms with van der Waals surface area (Å²) in [5.41, 5.74) is 0.648. The Balaban J connectivity index is 2.02. The molecule has 0 amide bonds. The van der Waals surface area contributed by atoms with Crippen LogP contribution in [0.25, 0.3) is 0 Å². The van der Waals surface area contributed by atoms with Gasteiger partial charge in [0.1, 0.15) is 5.82 Å². The first-order valence-corrected chi connectivity index (χ1v) is 6.00. The fourth-order valence-electron chi connectivity index (χ4n) is 2.19. The van der Waals surface area contributed by atoms with Crippen LogP contribution in [0.15, 0.2) is 12.4 Å². The molecule has 1 aromatic heterocycles. The van der Waals surface area contributed by atoms with E-state index in [-0.39, 0.29) is 6.61 Å². The summed E-state index contributed by atoms with van der Waals surface area (Å²) in [5, 5.41) is 9.02. The van der Waals surface area contributed by atoms with E-state index in [0.717, 1.165) is 24.8 Å². The third-order valence-corrected chi connectivity index (χ3v) is 3.35. The first-order chi connectivity index (χ1) is 7.83. The summed E-state index contributed by atoms with van der Waals surface area (Å²) >= 11 is 0. The van der Waals surface area contributed by atoms with Gasteiger partial charge in [0, 0.05) is 13.1 Å². The minimum absolute atomic E-state index is 0.0355. The number of hydrogen-bond acceptors (Lipinski definition) is 4. The number of aromatic nitrogens is 2. The van der Waals surface area contributed by atoms with Gasteiger partial charge in [-0.05, 0) is 18.8 Å². The van der Waals surface area contributed by atoms with E-state index in [1.54, 1.807) is 12.4 Å². The van der Waals surface area contributed by atoms with Gasteiger partial charge in [-0.3, -0.25) is 4.98 Å². The summed E-state index contributed by atoms with van der Waals surface area (Å²) in [5.74, 6) is 1.77. The molecule has 1 N–H and O–H groups in total. The van der Waals surface area contributed by atoms with Crippen LogP contribution in [-0.4, -0.2) is 28.2 Å². The van der Waals surface area contributed by atoms with Crippen LogP contribution in [0.5, 0.6) is 0 Å². The lowest BCUT2D eigenvalue weighted by Gasteiger charge is -2.32. The van der Waals surface area contributed by atoms with Crippen molar-refractivity contribution < 1.29 is 5.11 Å². The Kier molecular flexibility index (Phi) is 3.72. The van der Waals surface area contributed by atoms with Crippen LogP contribution in [0, 0.1) is 5.92 Å². The zero-order chi connectivity index (χ0) is 11.4. The largest absolute Gasteiger partial charge is 0.390 e. The molecule has 2 rings (SSSR count). The quantitative estimate of drug-likeness (QED) is 0.842. The summed E-state index contributed by atoms with van der Waals surface area (Å²) in [6.07, 6.45) is 7.15. The van der Waals surface area contributed by atoms with Crippen molar-refractivity contribution in [1.82, 2.24) is 9.97 Å². The number of rotatable bonds is 3. The van der Waals surface area contributed by atoms with Crippen LogP contribution in [-0.2, 0) is 6.61 Å². The predicted molar refractivity (Wildman–Crippen MR) is 63.2 cm³/mol. The molecule has 0 radical (unpaired) electrons. The van der Waals surface area contributed by atoms with Crippen molar-refractivity contribution in [1.29, 1.82) is 0 Å². The Hall–Kier alpha value is -1.16. The summed E-state index contributed by atoms with van der Waals surface area (Å²) in [7, 11) is 0. The van der Waals surface area contributed by atoms with Gasteiger partial charge in [0.15, 0.2) is 0 Å². The van der Waals surface area contributed by atoms with E-state index in [1.165, 1.54) is 19.3 Å². The van der Waals surface area contributed by atoms with Crippen molar-refractivity contribution in [2.24, 2.45) is 5.92 Å². The van der Waals surface area contributed by atoms with Crippen LogP contribution in [0.2, 0.25) is 0 Å². The fourth-order valence-corrected chi connectivity index (χ4v) is 2.19. The molecule has 4 heteroatoms. The third kappa shape index (κ3) is 2.50. The highest BCUT2D eigenvalue weighted by atomic mass is 16.3. The molecule has 0 atom stereocenters. The fraction of sp³-hybridized carbons (Fsp3) is 0.667. The molecule has 1 saturated heterocycles. The smallest absolute Gasteiger partial charge is 0.147 e. The molecule has 0 bridgehead atoms. The molecular weight excluding hydrogens is 202 g/mol. The molecule has 1 aliphatic heterocycles. The van der Waals surface area contributed by atoms with Crippen LogP contribution in [0.3, 0.4) is 0 Å². The first kappa shape index (κ1) is 11.3. The first-order valence-electron chi connectivity index (χ1n) is 6.00. The topological polar surface area (TPSA) is 49.2 Å². The van der Waals surface area contributed by atoms with Crippen molar-refractivity contribution >= 4 is 5.82 Å². The normalized spacial score (nSPS) is 17.8. The molecule has 0 aliphatic carbocycles. The Morgan fingerprint density at radius 1 is 1.38 bits per heavy atom. The van der Waals surface area contributed by atoms with Gasteiger partial charge >= 0.3 is 0 Å². The van der Waals surface area contributed by atoms with Gasteiger partial charge in [-0.25, -0.2) is 4.98 Å². The average molecular weight is 221 g/mol. The van der Waals surface area contributed by atoms with Gasteiger partial charge in [-0.15, -0.1) is 0 Å². The molecule has 0 saturated carbocycles. The number of aliphatic hydroxyl groups is 1. The summed E-state index contributed by atoms with van der Waals surface area (Å²) in [6, 6.07) is 0. The molecule has 16 heavy (non-hydrogen) atoms. The van der Waals surface area contributed by atoms with Crippen LogP contribution in [0.4, 0.5) is 5.82 Å². The van der Waals surface area contributed by atoms with Crippen LogP contribution < -0.4 is 4.90 Å². The minimum atomic E-state index is -0.0355. The number of aliphatic hydroxyl groups excluding tert-OH is 1. The Labute approximate surface area is 96.3 Å². The van der Waals surface area contributed by atoms with E-state index in [0.29, 0.717) is 5.69 Å². The summed E-state index contributed by atoms with van der Waals surface area (Å²) in [6.45, 7) is 4.34. The highest BCUT2D eigenvalue weighted by Gasteiger charge is 2.18. The predicted octanol–water partition coefficient (Wildman–Crippen LogP) is 1.60. The van der Waals surface area contributed by atoms with E-state index < -0.39 is 0 Å². The third-order valence-electron chi connectivity index (χ3n) is 3.35. The monoisotopic (exact) mass is 221 g/mol. The van der Waals surface area contributed by atoms with Crippen LogP contribution >= 0.6 is 0 Å². The van der Waals surface area contributed by atoms with E-state index in [4.69, 9.17) is 5.11 Å². The van der Waals surface area contributed by atoms with Crippen LogP contribution in [0.1, 0.15) is 31.9 Å². The average Bonchev–Trinajstić information content (AvgIpc) is 2.39. The lowest BCUT2D eigenvalue weighted by Crippen LogP contribution is -2.34. The number of anilines is 1. The molecule has 1 aromatic rings. The maximum Gasteiger partial charge on any atom is 0.147 e. The molecule has 88 valence electrons. The lowest BCUT2D eigenvalue weighted by atomic mass is 9.94. The number of nitrogens with zero attached hydrogens (tertiary/aromatic N) is 3. The molecule has 2 heterocycles. The van der Waals surface area contributed by atoms with Crippen molar-refractivity contribution in [2.45, 2.75) is 32.8 Å². The minimum Gasteiger partial charge on any atom is -0.390 e. The highest BCUT2D eigenvalue weighted by molar-refractivity contribution is 5.36. The SMILES string of the molecule is CCC1CCN(c2cncc(CO)n2)CC1. The molecule has 1 aliphatic rings. The second-order valence-corrected chi connectivity index (χ2v) is 4.37. The van der Waals surface area contributed by atoms with Gasteiger partial charge in [0.25, 0.3) is 0 Å². The zero-order valence-corrected chi connectivity index (χ0v) is 9.76. The Morgan fingerprint density at radius 3 is 2.75 bits per heavy atom. The van der Waals surface area contributed by atoms with E-state index in [9.17, 15) is 0 Å². The molecule has 1 fully saturated rings. The molecular formula is C12H19N3O. The van der Waals surface area contributed by atoms with Gasteiger partial charge in [-0.2, -0.15) is 0 Å². The zero-order valence-electron chi connectivity index (χ0n) is 9.76. The maximum atomic E-state index is 9.02. The molecule has 0 unspecified atom stereocenters. The Bertz CT molecular complexity index is 335. The van der Waals surface area contributed by atoms with Crippen molar-refractivity contribution in [2.75, 3.05) is 18.0 Å². The number of piperidine rings is 1. The highest BCUT2D eigenvalue weighted by Crippen LogP contribution is 2.23.